The van der Waals surface area contributed by atoms with Crippen LogP contribution in [-0.4, -0.2) is 34.4 Å². The molecule has 134 valence electrons. The van der Waals surface area contributed by atoms with E-state index < -0.39 is 23.3 Å². The third kappa shape index (κ3) is 5.45. The Kier molecular flexibility index (Phi) is 6.34. The van der Waals surface area contributed by atoms with Crippen LogP contribution in [0, 0.1) is 5.82 Å². The molecule has 2 rings (SSSR count). The third-order valence-corrected chi connectivity index (χ3v) is 3.94. The Morgan fingerprint density at radius 2 is 1.92 bits per heavy atom. The SMILES string of the molecule is CNC(=O)NC(=O)[C@H](C)Sc1nnc([C@@H](C)Oc2ccc(F)cc2)o1. The minimum Gasteiger partial charge on any atom is -0.481 e. The van der Waals surface area contributed by atoms with Gasteiger partial charge in [0.2, 0.25) is 5.91 Å². The van der Waals surface area contributed by atoms with Gasteiger partial charge in [0.05, 0.1) is 5.25 Å². The molecule has 0 fully saturated rings. The summed E-state index contributed by atoms with van der Waals surface area (Å²) in [7, 11) is 1.41. The first kappa shape index (κ1) is 18.7. The van der Waals surface area contributed by atoms with Crippen LogP contribution in [-0.2, 0) is 4.79 Å². The van der Waals surface area contributed by atoms with Gasteiger partial charge in [0.15, 0.2) is 6.10 Å². The average molecular weight is 368 g/mol. The maximum atomic E-state index is 12.9. The summed E-state index contributed by atoms with van der Waals surface area (Å²) < 4.78 is 23.9. The molecule has 0 aliphatic heterocycles. The number of nitrogens with zero attached hydrogens (tertiary/aromatic N) is 2. The number of ether oxygens (including phenoxy) is 1. The van der Waals surface area contributed by atoms with Crippen LogP contribution in [0.5, 0.6) is 5.75 Å². The zero-order chi connectivity index (χ0) is 18.4. The van der Waals surface area contributed by atoms with Crippen LogP contribution >= 0.6 is 11.8 Å². The number of thioether (sulfide) groups is 1. The van der Waals surface area contributed by atoms with Gasteiger partial charge in [-0.2, -0.15) is 0 Å². The van der Waals surface area contributed by atoms with E-state index in [0.29, 0.717) is 5.75 Å². The highest BCUT2D eigenvalue weighted by molar-refractivity contribution is 8.00. The van der Waals surface area contributed by atoms with Crippen molar-refractivity contribution in [3.05, 3.63) is 36.0 Å². The molecular weight excluding hydrogens is 351 g/mol. The van der Waals surface area contributed by atoms with Gasteiger partial charge in [-0.1, -0.05) is 11.8 Å². The maximum absolute atomic E-state index is 12.9. The molecule has 2 aromatic rings. The molecular formula is C15H17FN4O4S. The molecule has 0 saturated carbocycles. The summed E-state index contributed by atoms with van der Waals surface area (Å²) in [6.07, 6.45) is -0.553. The van der Waals surface area contributed by atoms with Crippen molar-refractivity contribution in [2.24, 2.45) is 0 Å². The summed E-state index contributed by atoms with van der Waals surface area (Å²) in [5.41, 5.74) is 0. The van der Waals surface area contributed by atoms with E-state index in [1.165, 1.54) is 31.3 Å². The molecule has 2 atom stereocenters. The van der Waals surface area contributed by atoms with Crippen LogP contribution in [0.15, 0.2) is 33.9 Å². The second-order valence-corrected chi connectivity index (χ2v) is 6.24. The number of imide groups is 1. The van der Waals surface area contributed by atoms with Gasteiger partial charge in [0.1, 0.15) is 11.6 Å². The second-order valence-electron chi connectivity index (χ2n) is 4.95. The van der Waals surface area contributed by atoms with Crippen molar-refractivity contribution in [2.45, 2.75) is 30.4 Å². The summed E-state index contributed by atoms with van der Waals surface area (Å²) >= 11 is 1.01. The minimum absolute atomic E-state index is 0.170. The quantitative estimate of drug-likeness (QED) is 0.753. The Bertz CT molecular complexity index is 737. The number of hydrogen-bond acceptors (Lipinski definition) is 7. The Hall–Kier alpha value is -2.62. The van der Waals surface area contributed by atoms with Gasteiger partial charge in [0.25, 0.3) is 11.1 Å². The molecule has 2 N–H and O–H groups in total. The highest BCUT2D eigenvalue weighted by atomic mass is 32.2. The molecule has 10 heteroatoms. The molecule has 1 aromatic carbocycles. The zero-order valence-corrected chi connectivity index (χ0v) is 14.6. The topological polar surface area (TPSA) is 106 Å². The molecule has 0 unspecified atom stereocenters. The number of urea groups is 1. The van der Waals surface area contributed by atoms with Crippen LogP contribution < -0.4 is 15.4 Å². The van der Waals surface area contributed by atoms with Crippen LogP contribution in [0.3, 0.4) is 0 Å². The summed E-state index contributed by atoms with van der Waals surface area (Å²) in [6.45, 7) is 3.30. The minimum atomic E-state index is -0.612. The van der Waals surface area contributed by atoms with Gasteiger partial charge in [-0.25, -0.2) is 9.18 Å². The Balaban J connectivity index is 1.93. The lowest BCUT2D eigenvalue weighted by Gasteiger charge is -2.10. The van der Waals surface area contributed by atoms with E-state index in [-0.39, 0.29) is 16.9 Å². The molecule has 3 amide bonds. The molecule has 0 saturated heterocycles. The first-order valence-corrected chi connectivity index (χ1v) is 8.22. The largest absolute Gasteiger partial charge is 0.481 e. The fourth-order valence-corrected chi connectivity index (χ4v) is 2.37. The van der Waals surface area contributed by atoms with Crippen molar-refractivity contribution < 1.29 is 23.1 Å². The van der Waals surface area contributed by atoms with E-state index in [9.17, 15) is 14.0 Å². The average Bonchev–Trinajstić information content (AvgIpc) is 3.05. The lowest BCUT2D eigenvalue weighted by atomic mass is 10.3. The highest BCUT2D eigenvalue weighted by Crippen LogP contribution is 2.26. The fraction of sp³-hybridized carbons (Fsp3) is 0.333. The Labute approximate surface area is 147 Å². The Morgan fingerprint density at radius 3 is 2.56 bits per heavy atom. The van der Waals surface area contributed by atoms with E-state index in [2.05, 4.69) is 20.8 Å². The van der Waals surface area contributed by atoms with Crippen molar-refractivity contribution in [1.29, 1.82) is 0 Å². The molecule has 0 spiro atoms. The summed E-state index contributed by atoms with van der Waals surface area (Å²) in [5.74, 6) is -0.175. The zero-order valence-electron chi connectivity index (χ0n) is 13.8. The van der Waals surface area contributed by atoms with Gasteiger partial charge in [0, 0.05) is 7.05 Å². The number of aromatic nitrogens is 2. The first-order chi connectivity index (χ1) is 11.9. The monoisotopic (exact) mass is 368 g/mol. The lowest BCUT2D eigenvalue weighted by molar-refractivity contribution is -0.119. The van der Waals surface area contributed by atoms with Crippen molar-refractivity contribution in [3.63, 3.8) is 0 Å². The number of carbonyl (C=O) groups is 2. The molecule has 1 aromatic heterocycles. The fourth-order valence-electron chi connectivity index (χ4n) is 1.68. The number of rotatable bonds is 6. The molecule has 8 nitrogen and oxygen atoms in total. The van der Waals surface area contributed by atoms with Crippen molar-refractivity contribution in [1.82, 2.24) is 20.8 Å². The van der Waals surface area contributed by atoms with Crippen LogP contribution in [0.25, 0.3) is 0 Å². The maximum Gasteiger partial charge on any atom is 0.321 e. The van der Waals surface area contributed by atoms with Gasteiger partial charge in [-0.15, -0.1) is 10.2 Å². The molecule has 0 aliphatic carbocycles. The predicted molar refractivity (Wildman–Crippen MR) is 87.7 cm³/mol. The molecule has 0 radical (unpaired) electrons. The second kappa shape index (κ2) is 8.47. The smallest absolute Gasteiger partial charge is 0.321 e. The number of hydrogen-bond donors (Lipinski definition) is 2. The van der Waals surface area contributed by atoms with Crippen LogP contribution in [0.1, 0.15) is 25.8 Å². The number of halogens is 1. The van der Waals surface area contributed by atoms with Crippen LogP contribution in [0.4, 0.5) is 9.18 Å². The van der Waals surface area contributed by atoms with Gasteiger partial charge in [-0.3, -0.25) is 10.1 Å². The van der Waals surface area contributed by atoms with Gasteiger partial charge >= 0.3 is 6.03 Å². The summed E-state index contributed by atoms with van der Waals surface area (Å²) in [4.78, 5) is 22.9. The van der Waals surface area contributed by atoms with Crippen molar-refractivity contribution in [3.8, 4) is 5.75 Å². The first-order valence-electron chi connectivity index (χ1n) is 7.34. The van der Waals surface area contributed by atoms with E-state index >= 15 is 0 Å². The molecule has 25 heavy (non-hydrogen) atoms. The van der Waals surface area contributed by atoms with E-state index in [4.69, 9.17) is 9.15 Å². The number of carbonyl (C=O) groups excluding carboxylic acids is 2. The standard InChI is InChI=1S/C15H17FN4O4S/c1-8(23-11-6-4-10(16)5-7-11)13-19-20-15(24-13)25-9(2)12(21)18-14(22)17-3/h4-9H,1-3H3,(H2,17,18,21,22)/t8-,9+/m1/s1. The van der Waals surface area contributed by atoms with Gasteiger partial charge < -0.3 is 14.5 Å². The van der Waals surface area contributed by atoms with E-state index in [1.54, 1.807) is 13.8 Å². The highest BCUT2D eigenvalue weighted by Gasteiger charge is 2.21. The predicted octanol–water partition coefficient (Wildman–Crippen LogP) is 2.28. The Morgan fingerprint density at radius 1 is 1.24 bits per heavy atom. The normalized spacial score (nSPS) is 13.0. The van der Waals surface area contributed by atoms with Crippen LogP contribution in [0.2, 0.25) is 0 Å². The number of amides is 3. The number of nitrogens with one attached hydrogen (secondary N) is 2. The lowest BCUT2D eigenvalue weighted by Crippen LogP contribution is -2.41. The van der Waals surface area contributed by atoms with Gasteiger partial charge in [-0.05, 0) is 38.1 Å². The molecule has 0 aliphatic rings. The summed E-state index contributed by atoms with van der Waals surface area (Å²) in [6, 6.07) is 4.95. The summed E-state index contributed by atoms with van der Waals surface area (Å²) in [5, 5.41) is 11.7. The number of benzene rings is 1. The molecule has 1 heterocycles. The van der Waals surface area contributed by atoms with Crippen molar-refractivity contribution in [2.75, 3.05) is 7.05 Å². The van der Waals surface area contributed by atoms with E-state index in [1.807, 2.05) is 0 Å². The third-order valence-electron chi connectivity index (χ3n) is 3.01. The van der Waals surface area contributed by atoms with E-state index in [0.717, 1.165) is 11.8 Å². The molecule has 0 bridgehead atoms. The van der Waals surface area contributed by atoms with Crippen molar-refractivity contribution >= 4 is 23.7 Å².